The lowest BCUT2D eigenvalue weighted by Crippen LogP contribution is -2.21. The summed E-state index contributed by atoms with van der Waals surface area (Å²) in [5.74, 6) is -0.837. The third-order valence-corrected chi connectivity index (χ3v) is 3.50. The van der Waals surface area contributed by atoms with Gasteiger partial charge in [-0.2, -0.15) is 13.2 Å². The molecule has 0 aromatic heterocycles. The van der Waals surface area contributed by atoms with Crippen LogP contribution in [0.25, 0.3) is 0 Å². The van der Waals surface area contributed by atoms with E-state index in [1.165, 1.54) is 6.07 Å². The molecule has 0 saturated carbocycles. The van der Waals surface area contributed by atoms with Crippen molar-refractivity contribution in [2.24, 2.45) is 0 Å². The van der Waals surface area contributed by atoms with Gasteiger partial charge in [0.25, 0.3) is 0 Å². The summed E-state index contributed by atoms with van der Waals surface area (Å²) in [6, 6.07) is 2.25. The molecule has 1 nitrogen and oxygen atoms in total. The quantitative estimate of drug-likeness (QED) is 0.659. The summed E-state index contributed by atoms with van der Waals surface area (Å²) in [5, 5.41) is 9.14. The largest absolute Gasteiger partial charge is 0.418 e. The number of hydrogen-bond acceptors (Lipinski definition) is 2. The van der Waals surface area contributed by atoms with Gasteiger partial charge in [-0.05, 0) is 34.3 Å². The van der Waals surface area contributed by atoms with Crippen molar-refractivity contribution in [3.05, 3.63) is 28.0 Å². The van der Waals surface area contributed by atoms with Crippen molar-refractivity contribution in [1.29, 1.82) is 0 Å². The van der Waals surface area contributed by atoms with E-state index in [-0.39, 0.29) is 9.37 Å². The summed E-state index contributed by atoms with van der Waals surface area (Å²) in [6.07, 6.45) is -5.97. The number of alkyl halides is 3. The zero-order valence-corrected chi connectivity index (χ0v) is 10.4. The van der Waals surface area contributed by atoms with Gasteiger partial charge in [-0.3, -0.25) is 0 Å². The van der Waals surface area contributed by atoms with Crippen LogP contribution in [0.4, 0.5) is 17.6 Å². The van der Waals surface area contributed by atoms with Crippen LogP contribution in [0.3, 0.4) is 0 Å². The van der Waals surface area contributed by atoms with Crippen LogP contribution in [0.1, 0.15) is 11.7 Å². The second-order valence-corrected chi connectivity index (χ2v) is 4.56. The van der Waals surface area contributed by atoms with Crippen molar-refractivity contribution in [2.45, 2.75) is 17.2 Å². The second-order valence-electron chi connectivity index (χ2n) is 2.92. The van der Waals surface area contributed by atoms with Gasteiger partial charge in [0.1, 0.15) is 5.82 Å². The number of hydrogen-bond donors (Lipinski definition) is 1. The fourth-order valence-electron chi connectivity index (χ4n) is 1.15. The molecule has 0 aliphatic rings. The minimum atomic E-state index is -4.82. The van der Waals surface area contributed by atoms with Crippen LogP contribution < -0.4 is 0 Å². The maximum Gasteiger partial charge on any atom is 0.418 e. The predicted molar refractivity (Wildman–Crippen MR) is 56.9 cm³/mol. The first kappa shape index (κ1) is 13.8. The van der Waals surface area contributed by atoms with Gasteiger partial charge in [0.15, 0.2) is 6.10 Å². The molecule has 0 fully saturated rings. The smallest absolute Gasteiger partial charge is 0.379 e. The Labute approximate surface area is 102 Å². The molecular weight excluding hydrogens is 312 g/mol. The highest BCUT2D eigenvalue weighted by molar-refractivity contribution is 9.10. The van der Waals surface area contributed by atoms with Crippen molar-refractivity contribution in [3.63, 3.8) is 0 Å². The average molecular weight is 319 g/mol. The van der Waals surface area contributed by atoms with Gasteiger partial charge in [0.2, 0.25) is 0 Å². The molecule has 1 aromatic rings. The topological polar surface area (TPSA) is 20.2 Å². The Hall–Kier alpha value is -0.270. The SMILES string of the molecule is CSc1ccc(F)c(Br)c1C(O)C(F)(F)F. The second kappa shape index (κ2) is 4.93. The van der Waals surface area contributed by atoms with Crippen LogP contribution in [0.15, 0.2) is 21.5 Å². The molecule has 7 heteroatoms. The van der Waals surface area contributed by atoms with Crippen molar-refractivity contribution in [1.82, 2.24) is 0 Å². The molecule has 0 bridgehead atoms. The van der Waals surface area contributed by atoms with Crippen LogP contribution in [-0.2, 0) is 0 Å². The molecule has 1 N–H and O–H groups in total. The highest BCUT2D eigenvalue weighted by Gasteiger charge is 2.42. The van der Waals surface area contributed by atoms with Crippen LogP contribution in [-0.4, -0.2) is 17.5 Å². The third-order valence-electron chi connectivity index (χ3n) is 1.90. The molecule has 0 radical (unpaired) electrons. The highest BCUT2D eigenvalue weighted by Crippen LogP contribution is 2.41. The standard InChI is InChI=1S/C9H7BrF4OS/c1-16-5-3-2-4(11)7(10)6(5)8(15)9(12,13)14/h2-3,8,15H,1H3. The Morgan fingerprint density at radius 3 is 2.38 bits per heavy atom. The molecule has 0 aliphatic carbocycles. The molecule has 1 rings (SSSR count). The number of benzene rings is 1. The van der Waals surface area contributed by atoms with E-state index in [0.29, 0.717) is 0 Å². The third kappa shape index (κ3) is 2.70. The fraction of sp³-hybridized carbons (Fsp3) is 0.333. The minimum absolute atomic E-state index is 0.179. The lowest BCUT2D eigenvalue weighted by molar-refractivity contribution is -0.207. The lowest BCUT2D eigenvalue weighted by atomic mass is 10.1. The van der Waals surface area contributed by atoms with E-state index in [1.807, 2.05) is 0 Å². The molecule has 1 aromatic carbocycles. The summed E-state index contributed by atoms with van der Waals surface area (Å²) in [4.78, 5) is 0.179. The van der Waals surface area contributed by atoms with Crippen LogP contribution in [0.2, 0.25) is 0 Å². The Bertz CT molecular complexity index is 394. The van der Waals surface area contributed by atoms with Gasteiger partial charge in [-0.25, -0.2) is 4.39 Å². The van der Waals surface area contributed by atoms with Crippen molar-refractivity contribution in [3.8, 4) is 0 Å². The van der Waals surface area contributed by atoms with Gasteiger partial charge in [-0.1, -0.05) is 0 Å². The Balaban J connectivity index is 3.35. The summed E-state index contributed by atoms with van der Waals surface area (Å²) in [5.41, 5.74) is -0.486. The molecule has 90 valence electrons. The Kier molecular flexibility index (Phi) is 4.25. The first-order valence-electron chi connectivity index (χ1n) is 4.05. The molecule has 0 spiro atoms. The molecule has 0 amide bonds. The zero-order valence-electron chi connectivity index (χ0n) is 7.98. The molecule has 16 heavy (non-hydrogen) atoms. The van der Waals surface area contributed by atoms with Crippen molar-refractivity contribution >= 4 is 27.7 Å². The molecule has 0 aliphatic heterocycles. The number of halogens is 5. The van der Waals surface area contributed by atoms with E-state index in [4.69, 9.17) is 5.11 Å². The number of thioether (sulfide) groups is 1. The van der Waals surface area contributed by atoms with E-state index >= 15 is 0 Å². The van der Waals surface area contributed by atoms with E-state index in [1.54, 1.807) is 6.26 Å². The van der Waals surface area contributed by atoms with Crippen LogP contribution in [0, 0.1) is 5.82 Å². The molecular formula is C9H7BrF4OS. The number of aliphatic hydroxyl groups is 1. The van der Waals surface area contributed by atoms with E-state index < -0.39 is 23.7 Å². The van der Waals surface area contributed by atoms with E-state index in [9.17, 15) is 17.6 Å². The minimum Gasteiger partial charge on any atom is -0.379 e. The number of rotatable bonds is 2. The van der Waals surface area contributed by atoms with Crippen LogP contribution >= 0.6 is 27.7 Å². The summed E-state index contributed by atoms with van der Waals surface area (Å²) in [6.45, 7) is 0. The number of aliphatic hydroxyl groups excluding tert-OH is 1. The van der Waals surface area contributed by atoms with Gasteiger partial charge in [-0.15, -0.1) is 11.8 Å². The van der Waals surface area contributed by atoms with Gasteiger partial charge in [0.05, 0.1) is 4.47 Å². The van der Waals surface area contributed by atoms with Gasteiger partial charge < -0.3 is 5.11 Å². The normalized spacial score (nSPS) is 13.9. The molecule has 1 unspecified atom stereocenters. The monoisotopic (exact) mass is 318 g/mol. The predicted octanol–water partition coefficient (Wildman–Crippen LogP) is 3.91. The summed E-state index contributed by atoms with van der Waals surface area (Å²) < 4.78 is 49.8. The van der Waals surface area contributed by atoms with Crippen molar-refractivity contribution in [2.75, 3.05) is 6.26 Å². The van der Waals surface area contributed by atoms with E-state index in [2.05, 4.69) is 15.9 Å². The molecule has 0 saturated heterocycles. The average Bonchev–Trinajstić information content (AvgIpc) is 2.19. The van der Waals surface area contributed by atoms with Gasteiger partial charge >= 0.3 is 6.18 Å². The van der Waals surface area contributed by atoms with Gasteiger partial charge in [0, 0.05) is 10.5 Å². The lowest BCUT2D eigenvalue weighted by Gasteiger charge is -2.19. The van der Waals surface area contributed by atoms with Crippen molar-refractivity contribution < 1.29 is 22.7 Å². The summed E-state index contributed by atoms with van der Waals surface area (Å²) >= 11 is 3.72. The zero-order chi connectivity index (χ0) is 12.5. The Morgan fingerprint density at radius 1 is 1.38 bits per heavy atom. The fourth-order valence-corrected chi connectivity index (χ4v) is 2.48. The first-order chi connectivity index (χ1) is 7.29. The van der Waals surface area contributed by atoms with E-state index in [0.717, 1.165) is 17.8 Å². The Morgan fingerprint density at radius 2 is 1.94 bits per heavy atom. The highest BCUT2D eigenvalue weighted by atomic mass is 79.9. The first-order valence-corrected chi connectivity index (χ1v) is 6.07. The molecule has 1 atom stereocenters. The van der Waals surface area contributed by atoms with Crippen LogP contribution in [0.5, 0.6) is 0 Å². The maximum atomic E-state index is 13.1. The molecule has 0 heterocycles. The summed E-state index contributed by atoms with van der Waals surface area (Å²) in [7, 11) is 0. The maximum absolute atomic E-state index is 13.1.